The average Bonchev–Trinajstić information content (AvgIpc) is 3.32. The zero-order valence-corrected chi connectivity index (χ0v) is 29.5. The fourth-order valence-electron chi connectivity index (χ4n) is 5.44. The molecule has 0 atom stereocenters. The molecule has 1 heterocycles. The summed E-state index contributed by atoms with van der Waals surface area (Å²) >= 11 is 8.46. The van der Waals surface area contributed by atoms with Crippen LogP contribution < -0.4 is 0 Å². The van der Waals surface area contributed by atoms with Crippen LogP contribution in [0.3, 0.4) is 0 Å². The molecule has 45 heavy (non-hydrogen) atoms. The Morgan fingerprint density at radius 3 is 2.04 bits per heavy atom. The highest BCUT2D eigenvalue weighted by Gasteiger charge is 2.38. The fraction of sp³-hybridized carbons (Fsp3) is 0.289. The van der Waals surface area contributed by atoms with Crippen LogP contribution in [0.15, 0.2) is 108 Å². The standard InChI is InChI=1S/C38H42ClNO3SSi/c1-38(2,3)45(5,6)43-26-35-32(23-24-44-31-20-17-29(18-21-31)37(41)42-4)33-25-30(39)19-22-34(33)40(35)36(27-13-9-7-10-14-27)28-15-11-8-12-16-28/h7-22,25,36H,23-24,26H2,1-6H3. The third-order valence-electron chi connectivity index (χ3n) is 8.94. The largest absolute Gasteiger partial charge is 0.465 e. The van der Waals surface area contributed by atoms with Crippen molar-refractivity contribution in [1.82, 2.24) is 4.57 Å². The van der Waals surface area contributed by atoms with Crippen LogP contribution in [-0.4, -0.2) is 31.7 Å². The van der Waals surface area contributed by atoms with Gasteiger partial charge in [0.2, 0.25) is 0 Å². The van der Waals surface area contributed by atoms with E-state index >= 15 is 0 Å². The number of nitrogens with zero attached hydrogens (tertiary/aromatic N) is 1. The third-order valence-corrected chi connectivity index (χ3v) is 14.7. The Balaban J connectivity index is 1.63. The highest BCUT2D eigenvalue weighted by Crippen LogP contribution is 2.41. The van der Waals surface area contributed by atoms with Crippen molar-refractivity contribution in [2.45, 2.75) is 62.9 Å². The number of aryl methyl sites for hydroxylation is 1. The first-order valence-corrected chi connectivity index (χ1v) is 19.6. The summed E-state index contributed by atoms with van der Waals surface area (Å²) in [6.45, 7) is 12.0. The molecule has 0 saturated carbocycles. The minimum atomic E-state index is -2.07. The molecule has 234 valence electrons. The lowest BCUT2D eigenvalue weighted by atomic mass is 9.98. The highest BCUT2D eigenvalue weighted by atomic mass is 35.5. The maximum absolute atomic E-state index is 11.9. The van der Waals surface area contributed by atoms with E-state index in [1.165, 1.54) is 29.5 Å². The van der Waals surface area contributed by atoms with Crippen LogP contribution in [-0.2, 0) is 22.2 Å². The first-order chi connectivity index (χ1) is 21.5. The molecule has 4 aromatic carbocycles. The second kappa shape index (κ2) is 14.0. The van der Waals surface area contributed by atoms with Crippen LogP contribution in [0.2, 0.25) is 23.2 Å². The van der Waals surface area contributed by atoms with Crippen molar-refractivity contribution in [3.05, 3.63) is 136 Å². The van der Waals surface area contributed by atoms with E-state index in [4.69, 9.17) is 20.8 Å². The van der Waals surface area contributed by atoms with Gasteiger partial charge in [0.05, 0.1) is 25.3 Å². The van der Waals surface area contributed by atoms with Crippen molar-refractivity contribution in [1.29, 1.82) is 0 Å². The Bertz CT molecular complexity index is 1710. The summed E-state index contributed by atoms with van der Waals surface area (Å²) in [5, 5.41) is 1.97. The minimum Gasteiger partial charge on any atom is -0.465 e. The highest BCUT2D eigenvalue weighted by molar-refractivity contribution is 7.99. The van der Waals surface area contributed by atoms with Gasteiger partial charge in [-0.2, -0.15) is 0 Å². The van der Waals surface area contributed by atoms with E-state index < -0.39 is 8.32 Å². The normalized spacial score (nSPS) is 12.2. The van der Waals surface area contributed by atoms with E-state index in [-0.39, 0.29) is 17.0 Å². The van der Waals surface area contributed by atoms with E-state index in [1.54, 1.807) is 11.8 Å². The summed E-state index contributed by atoms with van der Waals surface area (Å²) in [5.74, 6) is 0.534. The van der Waals surface area contributed by atoms with Crippen LogP contribution in [0.4, 0.5) is 0 Å². The SMILES string of the molecule is COC(=O)c1ccc(SCCc2c(CO[Si](C)(C)C(C)(C)C)n(C(c3ccccc3)c3ccccc3)c3ccc(Cl)cc23)cc1. The maximum atomic E-state index is 11.9. The number of methoxy groups -OCH3 is 1. The molecule has 1 aromatic heterocycles. The van der Waals surface area contributed by atoms with E-state index in [1.807, 2.05) is 30.3 Å². The number of halogens is 1. The van der Waals surface area contributed by atoms with E-state index in [0.717, 1.165) is 33.0 Å². The van der Waals surface area contributed by atoms with Gasteiger partial charge in [-0.05, 0) is 83.7 Å². The molecule has 0 radical (unpaired) electrons. The second-order valence-corrected chi connectivity index (χ2v) is 19.3. The predicted octanol–water partition coefficient (Wildman–Crippen LogP) is 10.6. The molecule has 0 spiro atoms. The van der Waals surface area contributed by atoms with Crippen molar-refractivity contribution < 1.29 is 14.0 Å². The number of fused-ring (bicyclic) bond motifs is 1. The molecule has 0 amide bonds. The summed E-state index contributed by atoms with van der Waals surface area (Å²) in [7, 11) is -0.668. The zero-order chi connectivity index (χ0) is 32.2. The Kier molecular flexibility index (Phi) is 10.3. The number of ether oxygens (including phenoxy) is 1. The quantitative estimate of drug-likeness (QED) is 0.0806. The lowest BCUT2D eigenvalue weighted by Gasteiger charge is -2.36. The number of rotatable bonds is 11. The lowest BCUT2D eigenvalue weighted by molar-refractivity contribution is 0.0600. The van der Waals surface area contributed by atoms with Gasteiger partial charge in [-0.1, -0.05) is 93.0 Å². The minimum absolute atomic E-state index is 0.0404. The van der Waals surface area contributed by atoms with Crippen molar-refractivity contribution in [3.8, 4) is 0 Å². The number of carbonyl (C=O) groups is 1. The molecule has 0 saturated heterocycles. The number of hydrogen-bond acceptors (Lipinski definition) is 4. The molecule has 0 fully saturated rings. The summed E-state index contributed by atoms with van der Waals surface area (Å²) in [5.41, 5.74) is 6.59. The maximum Gasteiger partial charge on any atom is 0.337 e. The van der Waals surface area contributed by atoms with Crippen molar-refractivity contribution >= 4 is 48.6 Å². The van der Waals surface area contributed by atoms with Gasteiger partial charge in [0.25, 0.3) is 0 Å². The molecule has 0 unspecified atom stereocenters. The van der Waals surface area contributed by atoms with Gasteiger partial charge in [-0.3, -0.25) is 0 Å². The number of aromatic nitrogens is 1. The summed E-state index contributed by atoms with van der Waals surface area (Å²) in [6, 6.07) is 35.3. The third kappa shape index (κ3) is 7.41. The van der Waals surface area contributed by atoms with Crippen LogP contribution in [0.1, 0.15) is 59.6 Å². The summed E-state index contributed by atoms with van der Waals surface area (Å²) in [4.78, 5) is 13.0. The molecule has 0 N–H and O–H groups in total. The first-order valence-electron chi connectivity index (χ1n) is 15.4. The summed E-state index contributed by atoms with van der Waals surface area (Å²) in [6.07, 6.45) is 0.833. The van der Waals surface area contributed by atoms with Crippen LogP contribution >= 0.6 is 23.4 Å². The molecule has 0 bridgehead atoms. The average molecular weight is 656 g/mol. The van der Waals surface area contributed by atoms with Gasteiger partial charge in [-0.25, -0.2) is 4.79 Å². The van der Waals surface area contributed by atoms with Gasteiger partial charge >= 0.3 is 5.97 Å². The smallest absolute Gasteiger partial charge is 0.337 e. The van der Waals surface area contributed by atoms with Gasteiger partial charge in [0.15, 0.2) is 8.32 Å². The van der Waals surface area contributed by atoms with E-state index in [2.05, 4.69) is 111 Å². The predicted molar refractivity (Wildman–Crippen MR) is 191 cm³/mol. The number of esters is 1. The number of hydrogen-bond donors (Lipinski definition) is 0. The molecule has 5 aromatic rings. The van der Waals surface area contributed by atoms with Gasteiger partial charge in [0, 0.05) is 32.3 Å². The van der Waals surface area contributed by atoms with Gasteiger partial charge < -0.3 is 13.7 Å². The Morgan fingerprint density at radius 2 is 1.49 bits per heavy atom. The summed E-state index contributed by atoms with van der Waals surface area (Å²) < 4.78 is 14.3. The molecule has 0 aliphatic heterocycles. The first kappa shape index (κ1) is 33.1. The van der Waals surface area contributed by atoms with Gasteiger partial charge in [0.1, 0.15) is 0 Å². The Morgan fingerprint density at radius 1 is 0.889 bits per heavy atom. The Labute approximate surface area is 277 Å². The fourth-order valence-corrected chi connectivity index (χ4v) is 7.41. The van der Waals surface area contributed by atoms with Gasteiger partial charge in [-0.15, -0.1) is 11.8 Å². The van der Waals surface area contributed by atoms with Crippen LogP contribution in [0.25, 0.3) is 10.9 Å². The number of carbonyl (C=O) groups excluding carboxylic acids is 1. The van der Waals surface area contributed by atoms with Crippen LogP contribution in [0.5, 0.6) is 0 Å². The molecule has 4 nitrogen and oxygen atoms in total. The van der Waals surface area contributed by atoms with Crippen molar-refractivity contribution in [3.63, 3.8) is 0 Å². The molecule has 7 heteroatoms. The lowest BCUT2D eigenvalue weighted by Crippen LogP contribution is -2.40. The molecule has 0 aliphatic rings. The Hall–Kier alpha value is -3.29. The topological polar surface area (TPSA) is 40.5 Å². The zero-order valence-electron chi connectivity index (χ0n) is 27.0. The second-order valence-electron chi connectivity index (χ2n) is 12.8. The molecular formula is C38H42ClNO3SSi. The molecular weight excluding hydrogens is 614 g/mol. The van der Waals surface area contributed by atoms with Crippen molar-refractivity contribution in [2.24, 2.45) is 0 Å². The monoisotopic (exact) mass is 655 g/mol. The van der Waals surface area contributed by atoms with E-state index in [0.29, 0.717) is 12.2 Å². The number of benzene rings is 4. The number of thioether (sulfide) groups is 1. The van der Waals surface area contributed by atoms with Crippen LogP contribution in [0, 0.1) is 0 Å². The molecule has 0 aliphatic carbocycles. The molecule has 5 rings (SSSR count). The van der Waals surface area contributed by atoms with E-state index in [9.17, 15) is 4.79 Å². The van der Waals surface area contributed by atoms with Crippen molar-refractivity contribution in [2.75, 3.05) is 12.9 Å².